The maximum atomic E-state index is 12.4. The summed E-state index contributed by atoms with van der Waals surface area (Å²) in [6.45, 7) is 5.97. The third kappa shape index (κ3) is 3.63. The van der Waals surface area contributed by atoms with E-state index in [-0.39, 0.29) is 11.8 Å². The molecule has 21 heavy (non-hydrogen) atoms. The van der Waals surface area contributed by atoms with Crippen molar-refractivity contribution in [2.75, 3.05) is 32.7 Å². The highest BCUT2D eigenvalue weighted by atomic mass is 16.1. The second-order valence-corrected chi connectivity index (χ2v) is 6.08. The van der Waals surface area contributed by atoms with E-state index in [1.54, 1.807) is 0 Å². The summed E-state index contributed by atoms with van der Waals surface area (Å²) < 4.78 is 0. The topological polar surface area (TPSA) is 44.4 Å². The number of carbonyl (C=O) groups is 1. The summed E-state index contributed by atoms with van der Waals surface area (Å²) >= 11 is 0. The molecule has 1 aromatic rings. The molecule has 2 heterocycles. The van der Waals surface area contributed by atoms with Crippen LogP contribution in [-0.2, 0) is 11.3 Å². The fourth-order valence-corrected chi connectivity index (χ4v) is 3.37. The van der Waals surface area contributed by atoms with Crippen LogP contribution in [0.25, 0.3) is 0 Å². The summed E-state index contributed by atoms with van der Waals surface area (Å²) in [7, 11) is 0. The predicted molar refractivity (Wildman–Crippen MR) is 84.2 cm³/mol. The number of nitrogens with one attached hydrogen (secondary N) is 2. The number of benzene rings is 1. The SMILES string of the molecule is O=C(NCCCN1CCCC1)C1CNCc2ccccc21. The van der Waals surface area contributed by atoms with Crippen molar-refractivity contribution < 1.29 is 4.79 Å². The normalized spacial score (nSPS) is 22.0. The first-order valence-corrected chi connectivity index (χ1v) is 8.13. The van der Waals surface area contributed by atoms with Crippen LogP contribution in [0.1, 0.15) is 36.3 Å². The minimum Gasteiger partial charge on any atom is -0.355 e. The van der Waals surface area contributed by atoms with Gasteiger partial charge in [0.2, 0.25) is 5.91 Å². The van der Waals surface area contributed by atoms with Crippen molar-refractivity contribution in [2.45, 2.75) is 31.7 Å². The molecule has 0 bridgehead atoms. The van der Waals surface area contributed by atoms with E-state index in [2.05, 4.69) is 27.7 Å². The molecule has 2 N–H and O–H groups in total. The van der Waals surface area contributed by atoms with Gasteiger partial charge in [-0.2, -0.15) is 0 Å². The first kappa shape index (κ1) is 14.5. The maximum absolute atomic E-state index is 12.4. The molecule has 1 aromatic carbocycles. The van der Waals surface area contributed by atoms with Crippen LogP contribution in [0.2, 0.25) is 0 Å². The van der Waals surface area contributed by atoms with Gasteiger partial charge < -0.3 is 15.5 Å². The number of hydrogen-bond donors (Lipinski definition) is 2. The molecule has 0 aromatic heterocycles. The van der Waals surface area contributed by atoms with E-state index in [0.717, 1.165) is 32.6 Å². The average molecular weight is 287 g/mol. The lowest BCUT2D eigenvalue weighted by Gasteiger charge is -2.25. The summed E-state index contributed by atoms with van der Waals surface area (Å²) in [5, 5.41) is 6.45. The maximum Gasteiger partial charge on any atom is 0.228 e. The monoisotopic (exact) mass is 287 g/mol. The van der Waals surface area contributed by atoms with Crippen LogP contribution in [0, 0.1) is 0 Å². The molecule has 1 saturated heterocycles. The van der Waals surface area contributed by atoms with Gasteiger partial charge in [0, 0.05) is 19.6 Å². The Labute approximate surface area is 126 Å². The molecule has 1 unspecified atom stereocenters. The minimum absolute atomic E-state index is 0.0401. The van der Waals surface area contributed by atoms with Crippen molar-refractivity contribution in [3.8, 4) is 0 Å². The number of nitrogens with zero attached hydrogens (tertiary/aromatic N) is 1. The van der Waals surface area contributed by atoms with E-state index in [1.807, 2.05) is 12.1 Å². The predicted octanol–water partition coefficient (Wildman–Crippen LogP) is 1.48. The zero-order valence-electron chi connectivity index (χ0n) is 12.6. The number of amides is 1. The summed E-state index contributed by atoms with van der Waals surface area (Å²) in [4.78, 5) is 14.9. The van der Waals surface area contributed by atoms with Crippen LogP contribution in [0.4, 0.5) is 0 Å². The Hall–Kier alpha value is -1.39. The molecule has 2 aliphatic heterocycles. The molecule has 1 amide bonds. The van der Waals surface area contributed by atoms with Gasteiger partial charge in [-0.3, -0.25) is 4.79 Å². The Morgan fingerprint density at radius 3 is 2.95 bits per heavy atom. The van der Waals surface area contributed by atoms with Gasteiger partial charge in [-0.25, -0.2) is 0 Å². The fraction of sp³-hybridized carbons (Fsp3) is 0.588. The highest BCUT2D eigenvalue weighted by molar-refractivity contribution is 5.84. The number of fused-ring (bicyclic) bond motifs is 1. The molecule has 0 radical (unpaired) electrons. The molecule has 3 rings (SSSR count). The zero-order valence-corrected chi connectivity index (χ0v) is 12.6. The Morgan fingerprint density at radius 2 is 2.10 bits per heavy atom. The van der Waals surface area contributed by atoms with Gasteiger partial charge >= 0.3 is 0 Å². The lowest BCUT2D eigenvalue weighted by Crippen LogP contribution is -2.39. The van der Waals surface area contributed by atoms with Crippen molar-refractivity contribution in [2.24, 2.45) is 0 Å². The van der Waals surface area contributed by atoms with Crippen molar-refractivity contribution >= 4 is 5.91 Å². The molecule has 4 heteroatoms. The van der Waals surface area contributed by atoms with E-state index < -0.39 is 0 Å². The molecule has 2 aliphatic rings. The number of carbonyl (C=O) groups excluding carboxylic acids is 1. The van der Waals surface area contributed by atoms with Crippen LogP contribution in [0.5, 0.6) is 0 Å². The summed E-state index contributed by atoms with van der Waals surface area (Å²) in [5.41, 5.74) is 2.44. The summed E-state index contributed by atoms with van der Waals surface area (Å²) in [5.74, 6) is 0.123. The van der Waals surface area contributed by atoms with E-state index in [9.17, 15) is 4.79 Å². The fourth-order valence-electron chi connectivity index (χ4n) is 3.37. The molecule has 0 spiro atoms. The molecule has 1 atom stereocenters. The van der Waals surface area contributed by atoms with Crippen molar-refractivity contribution in [1.29, 1.82) is 0 Å². The molecular formula is C17H25N3O. The molecule has 0 saturated carbocycles. The smallest absolute Gasteiger partial charge is 0.228 e. The van der Waals surface area contributed by atoms with Crippen molar-refractivity contribution in [3.63, 3.8) is 0 Å². The molecule has 0 aliphatic carbocycles. The molecule has 4 nitrogen and oxygen atoms in total. The van der Waals surface area contributed by atoms with Gasteiger partial charge in [0.1, 0.15) is 0 Å². The largest absolute Gasteiger partial charge is 0.355 e. The lowest BCUT2D eigenvalue weighted by molar-refractivity contribution is -0.122. The van der Waals surface area contributed by atoms with Gasteiger partial charge in [0.15, 0.2) is 0 Å². The van der Waals surface area contributed by atoms with Crippen molar-refractivity contribution in [3.05, 3.63) is 35.4 Å². The lowest BCUT2D eigenvalue weighted by atomic mass is 9.90. The Morgan fingerprint density at radius 1 is 1.29 bits per heavy atom. The van der Waals surface area contributed by atoms with Crippen LogP contribution in [0.3, 0.4) is 0 Å². The third-order valence-electron chi connectivity index (χ3n) is 4.56. The number of likely N-dealkylation sites (tertiary alicyclic amines) is 1. The van der Waals surface area contributed by atoms with Gasteiger partial charge in [0.05, 0.1) is 5.92 Å². The van der Waals surface area contributed by atoms with Crippen LogP contribution >= 0.6 is 0 Å². The average Bonchev–Trinajstić information content (AvgIpc) is 3.04. The standard InChI is InChI=1S/C17H25N3O/c21-17(19-8-5-11-20-9-3-4-10-20)16-13-18-12-14-6-1-2-7-15(14)16/h1-2,6-7,16,18H,3-5,8-13H2,(H,19,21). The van der Waals surface area contributed by atoms with E-state index in [0.29, 0.717) is 0 Å². The summed E-state index contributed by atoms with van der Waals surface area (Å²) in [6.07, 6.45) is 3.71. The second kappa shape index (κ2) is 7.05. The van der Waals surface area contributed by atoms with Gasteiger partial charge in [0.25, 0.3) is 0 Å². The van der Waals surface area contributed by atoms with Crippen molar-refractivity contribution in [1.82, 2.24) is 15.5 Å². The first-order valence-electron chi connectivity index (χ1n) is 8.13. The Bertz CT molecular complexity index is 483. The van der Waals surface area contributed by atoms with E-state index in [1.165, 1.54) is 37.1 Å². The zero-order chi connectivity index (χ0) is 14.5. The first-order chi connectivity index (χ1) is 10.3. The molecule has 1 fully saturated rings. The highest BCUT2D eigenvalue weighted by Gasteiger charge is 2.25. The van der Waals surface area contributed by atoms with Gasteiger partial charge in [-0.1, -0.05) is 24.3 Å². The quantitative estimate of drug-likeness (QED) is 0.806. The number of hydrogen-bond acceptors (Lipinski definition) is 3. The minimum atomic E-state index is -0.0401. The van der Waals surface area contributed by atoms with Crippen LogP contribution in [-0.4, -0.2) is 43.5 Å². The van der Waals surface area contributed by atoms with Crippen LogP contribution in [0.15, 0.2) is 24.3 Å². The van der Waals surface area contributed by atoms with Gasteiger partial charge in [-0.15, -0.1) is 0 Å². The second-order valence-electron chi connectivity index (χ2n) is 6.08. The van der Waals surface area contributed by atoms with E-state index in [4.69, 9.17) is 0 Å². The molecule has 114 valence electrons. The Balaban J connectivity index is 1.47. The van der Waals surface area contributed by atoms with Gasteiger partial charge in [-0.05, 0) is 50.0 Å². The summed E-state index contributed by atoms with van der Waals surface area (Å²) in [6, 6.07) is 8.26. The number of rotatable bonds is 5. The van der Waals surface area contributed by atoms with Crippen LogP contribution < -0.4 is 10.6 Å². The molecular weight excluding hydrogens is 262 g/mol. The Kier molecular flexibility index (Phi) is 4.88. The highest BCUT2D eigenvalue weighted by Crippen LogP contribution is 2.23. The van der Waals surface area contributed by atoms with E-state index >= 15 is 0 Å². The third-order valence-corrected chi connectivity index (χ3v) is 4.56.